The molecule has 0 unspecified atom stereocenters. The molecular weight excluding hydrogens is 270 g/mol. The Labute approximate surface area is 112 Å². The van der Waals surface area contributed by atoms with Crippen LogP contribution < -0.4 is 4.72 Å². The molecule has 0 spiro atoms. The highest BCUT2D eigenvalue weighted by atomic mass is 32.2. The van der Waals surface area contributed by atoms with Gasteiger partial charge < -0.3 is 9.84 Å². The third-order valence-electron chi connectivity index (χ3n) is 2.36. The van der Waals surface area contributed by atoms with Crippen molar-refractivity contribution in [2.45, 2.75) is 24.8 Å². The van der Waals surface area contributed by atoms with Crippen molar-refractivity contribution in [3.05, 3.63) is 29.8 Å². The van der Waals surface area contributed by atoms with Crippen molar-refractivity contribution >= 4 is 16.0 Å². The lowest BCUT2D eigenvalue weighted by molar-refractivity contribution is -0.141. The minimum absolute atomic E-state index is 0.0966. The third kappa shape index (κ3) is 4.98. The number of aryl methyl sites for hydroxylation is 1. The smallest absolute Gasteiger partial charge is 0.302 e. The number of hydrogen-bond acceptors (Lipinski definition) is 5. The van der Waals surface area contributed by atoms with E-state index in [9.17, 15) is 13.2 Å². The molecule has 0 radical (unpaired) electrons. The van der Waals surface area contributed by atoms with Gasteiger partial charge in [0.25, 0.3) is 0 Å². The van der Waals surface area contributed by atoms with Gasteiger partial charge in [-0.15, -0.1) is 0 Å². The average Bonchev–Trinajstić information content (AvgIpc) is 2.34. The molecule has 1 atom stereocenters. The predicted molar refractivity (Wildman–Crippen MR) is 69.0 cm³/mol. The van der Waals surface area contributed by atoms with Crippen LogP contribution in [0.3, 0.4) is 0 Å². The zero-order chi connectivity index (χ0) is 14.5. The van der Waals surface area contributed by atoms with Crippen molar-refractivity contribution in [3.63, 3.8) is 0 Å². The SMILES string of the molecule is CC(=O)OC[C@H](CO)NS(=O)(=O)c1ccc(C)cc1. The molecule has 0 saturated carbocycles. The van der Waals surface area contributed by atoms with Gasteiger partial charge in [-0.05, 0) is 19.1 Å². The standard InChI is InChI=1S/C12H17NO5S/c1-9-3-5-12(6-4-9)19(16,17)13-11(7-14)8-18-10(2)15/h3-6,11,13-14H,7-8H2,1-2H3/t11-/m0/s1. The van der Waals surface area contributed by atoms with Gasteiger partial charge in [0, 0.05) is 6.92 Å². The molecule has 0 aliphatic carbocycles. The van der Waals surface area contributed by atoms with Gasteiger partial charge in [-0.1, -0.05) is 17.7 Å². The first-order valence-electron chi connectivity index (χ1n) is 5.68. The largest absolute Gasteiger partial charge is 0.464 e. The molecule has 0 heterocycles. The Morgan fingerprint density at radius 2 is 1.95 bits per heavy atom. The summed E-state index contributed by atoms with van der Waals surface area (Å²) in [7, 11) is -3.74. The number of esters is 1. The molecule has 0 bridgehead atoms. The Morgan fingerprint density at radius 1 is 1.37 bits per heavy atom. The maximum atomic E-state index is 12.0. The molecule has 19 heavy (non-hydrogen) atoms. The van der Waals surface area contributed by atoms with E-state index in [1.165, 1.54) is 19.1 Å². The van der Waals surface area contributed by atoms with Crippen LogP contribution in [-0.2, 0) is 19.6 Å². The van der Waals surface area contributed by atoms with E-state index in [4.69, 9.17) is 5.11 Å². The van der Waals surface area contributed by atoms with Crippen LogP contribution in [-0.4, -0.2) is 38.7 Å². The van der Waals surface area contributed by atoms with E-state index in [1.807, 2.05) is 6.92 Å². The number of carbonyl (C=O) groups excluding carboxylic acids is 1. The first kappa shape index (κ1) is 15.6. The molecule has 1 rings (SSSR count). The van der Waals surface area contributed by atoms with Crippen molar-refractivity contribution < 1.29 is 23.1 Å². The third-order valence-corrected chi connectivity index (χ3v) is 3.90. The van der Waals surface area contributed by atoms with E-state index in [0.717, 1.165) is 5.56 Å². The minimum Gasteiger partial charge on any atom is -0.464 e. The summed E-state index contributed by atoms with van der Waals surface area (Å²) in [6.07, 6.45) is 0. The van der Waals surface area contributed by atoms with Crippen LogP contribution in [0.4, 0.5) is 0 Å². The van der Waals surface area contributed by atoms with Gasteiger partial charge in [0.2, 0.25) is 10.0 Å². The van der Waals surface area contributed by atoms with Crippen LogP contribution in [0, 0.1) is 6.92 Å². The van der Waals surface area contributed by atoms with E-state index in [-0.39, 0.29) is 11.5 Å². The van der Waals surface area contributed by atoms with Crippen LogP contribution >= 0.6 is 0 Å². The van der Waals surface area contributed by atoms with Crippen molar-refractivity contribution in [2.24, 2.45) is 0 Å². The number of hydrogen-bond donors (Lipinski definition) is 2. The second-order valence-electron chi connectivity index (χ2n) is 4.12. The number of nitrogens with one attached hydrogen (secondary N) is 1. The number of aliphatic hydroxyl groups excluding tert-OH is 1. The van der Waals surface area contributed by atoms with E-state index in [0.29, 0.717) is 0 Å². The Kier molecular flexibility index (Phi) is 5.46. The molecule has 7 heteroatoms. The second-order valence-corrected chi connectivity index (χ2v) is 5.83. The second kappa shape index (κ2) is 6.65. The number of carbonyl (C=O) groups is 1. The molecule has 0 saturated heterocycles. The van der Waals surface area contributed by atoms with E-state index in [1.54, 1.807) is 12.1 Å². The molecule has 1 aromatic carbocycles. The van der Waals surface area contributed by atoms with E-state index in [2.05, 4.69) is 9.46 Å². The molecule has 0 aliphatic rings. The van der Waals surface area contributed by atoms with Crippen molar-refractivity contribution in [2.75, 3.05) is 13.2 Å². The lowest BCUT2D eigenvalue weighted by Crippen LogP contribution is -2.41. The molecule has 2 N–H and O–H groups in total. The topological polar surface area (TPSA) is 92.7 Å². The Hall–Kier alpha value is -1.44. The summed E-state index contributed by atoms with van der Waals surface area (Å²) in [5.74, 6) is -0.534. The molecule has 0 aliphatic heterocycles. The predicted octanol–water partition coefficient (Wildman–Crippen LogP) is 0.197. The lowest BCUT2D eigenvalue weighted by atomic mass is 10.2. The summed E-state index contributed by atoms with van der Waals surface area (Å²) < 4.78 is 30.9. The molecule has 1 aromatic rings. The molecule has 0 aromatic heterocycles. The van der Waals surface area contributed by atoms with Gasteiger partial charge in [-0.25, -0.2) is 13.1 Å². The molecule has 6 nitrogen and oxygen atoms in total. The fourth-order valence-corrected chi connectivity index (χ4v) is 2.56. The quantitative estimate of drug-likeness (QED) is 0.729. The van der Waals surface area contributed by atoms with Crippen LogP contribution in [0.1, 0.15) is 12.5 Å². The number of sulfonamides is 1. The minimum atomic E-state index is -3.74. The lowest BCUT2D eigenvalue weighted by Gasteiger charge is -2.16. The Morgan fingerprint density at radius 3 is 2.42 bits per heavy atom. The Bertz CT molecular complexity index is 524. The van der Waals surface area contributed by atoms with Gasteiger partial charge in [0.15, 0.2) is 0 Å². The summed E-state index contributed by atoms with van der Waals surface area (Å²) in [5, 5.41) is 9.08. The van der Waals surface area contributed by atoms with Gasteiger partial charge in [-0.3, -0.25) is 4.79 Å². The molecule has 0 amide bonds. The monoisotopic (exact) mass is 287 g/mol. The number of rotatable bonds is 6. The Balaban J connectivity index is 2.77. The van der Waals surface area contributed by atoms with Gasteiger partial charge >= 0.3 is 5.97 Å². The number of benzene rings is 1. The normalized spacial score (nSPS) is 13.0. The fraction of sp³-hybridized carbons (Fsp3) is 0.417. The zero-order valence-corrected chi connectivity index (χ0v) is 11.6. The van der Waals surface area contributed by atoms with Crippen LogP contribution in [0.25, 0.3) is 0 Å². The summed E-state index contributed by atoms with van der Waals surface area (Å²) in [6, 6.07) is 5.43. The van der Waals surface area contributed by atoms with Crippen molar-refractivity contribution in [1.82, 2.24) is 4.72 Å². The maximum Gasteiger partial charge on any atom is 0.302 e. The summed E-state index contributed by atoms with van der Waals surface area (Å²) in [6.45, 7) is 2.39. The van der Waals surface area contributed by atoms with Crippen molar-refractivity contribution in [1.29, 1.82) is 0 Å². The maximum absolute atomic E-state index is 12.0. The van der Waals surface area contributed by atoms with Gasteiger partial charge in [0.05, 0.1) is 17.5 Å². The van der Waals surface area contributed by atoms with Crippen LogP contribution in [0.15, 0.2) is 29.2 Å². The first-order chi connectivity index (χ1) is 8.85. The first-order valence-corrected chi connectivity index (χ1v) is 7.16. The summed E-state index contributed by atoms with van der Waals surface area (Å²) >= 11 is 0. The zero-order valence-electron chi connectivity index (χ0n) is 10.8. The van der Waals surface area contributed by atoms with Crippen LogP contribution in [0.2, 0.25) is 0 Å². The van der Waals surface area contributed by atoms with Gasteiger partial charge in [0.1, 0.15) is 6.61 Å². The highest BCUT2D eigenvalue weighted by Gasteiger charge is 2.20. The van der Waals surface area contributed by atoms with Gasteiger partial charge in [-0.2, -0.15) is 0 Å². The van der Waals surface area contributed by atoms with E-state index >= 15 is 0 Å². The van der Waals surface area contributed by atoms with E-state index < -0.39 is 28.6 Å². The molecule has 106 valence electrons. The fourth-order valence-electron chi connectivity index (χ4n) is 1.35. The number of ether oxygens (including phenoxy) is 1. The summed E-state index contributed by atoms with van der Waals surface area (Å²) in [4.78, 5) is 10.8. The van der Waals surface area contributed by atoms with Crippen molar-refractivity contribution in [3.8, 4) is 0 Å². The van der Waals surface area contributed by atoms with Crippen LogP contribution in [0.5, 0.6) is 0 Å². The molecule has 0 fully saturated rings. The highest BCUT2D eigenvalue weighted by molar-refractivity contribution is 7.89. The molecular formula is C12H17NO5S. The summed E-state index contributed by atoms with van der Waals surface area (Å²) in [5.41, 5.74) is 0.942. The highest BCUT2D eigenvalue weighted by Crippen LogP contribution is 2.10. The number of aliphatic hydroxyl groups is 1. The average molecular weight is 287 g/mol.